The molecule has 1 aromatic carbocycles. The van der Waals surface area contributed by atoms with Gasteiger partial charge in [0.1, 0.15) is 0 Å². The van der Waals surface area contributed by atoms with E-state index in [1.54, 1.807) is 6.21 Å². The van der Waals surface area contributed by atoms with Gasteiger partial charge in [-0.05, 0) is 17.7 Å². The first-order valence-corrected chi connectivity index (χ1v) is 7.50. The fraction of sp³-hybridized carbons (Fsp3) is 0.0909. The van der Waals surface area contributed by atoms with Gasteiger partial charge < -0.3 is 11.6 Å². The lowest BCUT2D eigenvalue weighted by Crippen LogP contribution is -2.16. The number of hydrazone groups is 1. The molecule has 0 spiro atoms. The summed E-state index contributed by atoms with van der Waals surface area (Å²) in [4.78, 5) is 10.7. The normalized spacial score (nSPS) is 10.9. The number of nitrogens with one attached hydrogen (secondary N) is 1. The van der Waals surface area contributed by atoms with Crippen LogP contribution in [0.5, 0.6) is 0 Å². The third kappa shape index (κ3) is 4.46. The van der Waals surface area contributed by atoms with E-state index in [2.05, 4.69) is 36.7 Å². The summed E-state index contributed by atoms with van der Waals surface area (Å²) in [5.41, 5.74) is 8.64. The van der Waals surface area contributed by atoms with E-state index in [0.29, 0.717) is 5.16 Å². The van der Waals surface area contributed by atoms with E-state index < -0.39 is 5.91 Å². The molecule has 0 atom stereocenters. The first kappa shape index (κ1) is 15.3. The van der Waals surface area contributed by atoms with Crippen molar-refractivity contribution in [1.82, 2.24) is 14.9 Å². The first-order valence-electron chi connectivity index (χ1n) is 5.72. The smallest absolute Gasteiger partial charge is 0.264 e. The fourth-order valence-electron chi connectivity index (χ4n) is 1.30. The maximum atomic E-state index is 10.7. The summed E-state index contributed by atoms with van der Waals surface area (Å²) in [7, 11) is 0. The molecule has 1 aromatic heterocycles. The number of aromatic nitrogens is 3. The van der Waals surface area contributed by atoms with Crippen LogP contribution in [0.4, 0.5) is 5.95 Å². The number of thioether (sulfide) groups is 1. The van der Waals surface area contributed by atoms with E-state index in [1.807, 2.05) is 24.3 Å². The van der Waals surface area contributed by atoms with Crippen molar-refractivity contribution in [2.24, 2.45) is 10.8 Å². The van der Waals surface area contributed by atoms with Crippen LogP contribution in [0.15, 0.2) is 39.0 Å². The molecule has 0 radical (unpaired) electrons. The molecular weight excluding hydrogens is 358 g/mol. The predicted octanol–water partition coefficient (Wildman–Crippen LogP) is 0.778. The van der Waals surface area contributed by atoms with Crippen LogP contribution in [0.2, 0.25) is 0 Å². The second-order valence-corrected chi connectivity index (χ2v) is 5.71. The van der Waals surface area contributed by atoms with Crippen molar-refractivity contribution < 1.29 is 4.79 Å². The Bertz CT molecular complexity index is 655. The average Bonchev–Trinajstić information content (AvgIpc) is 2.80. The molecule has 8 nitrogen and oxygen atoms in total. The Kier molecular flexibility index (Phi) is 5.17. The number of nitrogens with zero attached hydrogens (tertiary/aromatic N) is 4. The molecule has 1 amide bonds. The number of nitrogen functional groups attached to an aromatic ring is 1. The van der Waals surface area contributed by atoms with Gasteiger partial charge in [0.2, 0.25) is 11.1 Å². The van der Waals surface area contributed by atoms with Crippen LogP contribution in [0.3, 0.4) is 0 Å². The lowest BCUT2D eigenvalue weighted by atomic mass is 10.2. The lowest BCUT2D eigenvalue weighted by molar-refractivity contribution is -0.115. The molecule has 0 saturated carbocycles. The Hall–Kier alpha value is -2.07. The molecule has 2 rings (SSSR count). The molecule has 2 aromatic rings. The molecule has 0 unspecified atom stereocenters. The molecule has 0 fully saturated rings. The summed E-state index contributed by atoms with van der Waals surface area (Å²) in [6, 6.07) is 7.61. The SMILES string of the molecule is NC(=O)CSc1nnc(N/N=C/c2ccc(Br)cc2)n1N. The predicted molar refractivity (Wildman–Crippen MR) is 85.4 cm³/mol. The van der Waals surface area contributed by atoms with Gasteiger partial charge in [0.05, 0.1) is 12.0 Å². The summed E-state index contributed by atoms with van der Waals surface area (Å²) in [5, 5.41) is 12.0. The second-order valence-electron chi connectivity index (χ2n) is 3.85. The third-order valence-corrected chi connectivity index (χ3v) is 3.75. The molecule has 21 heavy (non-hydrogen) atoms. The van der Waals surface area contributed by atoms with Gasteiger partial charge in [-0.1, -0.05) is 39.8 Å². The molecule has 0 bridgehead atoms. The van der Waals surface area contributed by atoms with Crippen molar-refractivity contribution in [3.8, 4) is 0 Å². The Labute approximate surface area is 133 Å². The number of amides is 1. The molecule has 1 heterocycles. The van der Waals surface area contributed by atoms with Crippen molar-refractivity contribution >= 4 is 45.8 Å². The van der Waals surface area contributed by atoms with E-state index in [9.17, 15) is 4.79 Å². The summed E-state index contributed by atoms with van der Waals surface area (Å²) in [6.07, 6.45) is 1.62. The fourth-order valence-corrected chi connectivity index (χ4v) is 2.16. The third-order valence-electron chi connectivity index (χ3n) is 2.26. The molecule has 0 aliphatic carbocycles. The van der Waals surface area contributed by atoms with Gasteiger partial charge in [-0.2, -0.15) is 5.10 Å². The minimum absolute atomic E-state index is 0.0808. The van der Waals surface area contributed by atoms with E-state index in [0.717, 1.165) is 21.8 Å². The Morgan fingerprint density at radius 2 is 2.14 bits per heavy atom. The number of hydrogen-bond acceptors (Lipinski definition) is 7. The van der Waals surface area contributed by atoms with Crippen molar-refractivity contribution in [2.75, 3.05) is 17.0 Å². The van der Waals surface area contributed by atoms with Gasteiger partial charge in [0.25, 0.3) is 5.95 Å². The van der Waals surface area contributed by atoms with Crippen LogP contribution < -0.4 is 17.0 Å². The first-order chi connectivity index (χ1) is 10.1. The second kappa shape index (κ2) is 7.09. The van der Waals surface area contributed by atoms with Gasteiger partial charge in [0, 0.05) is 4.47 Å². The van der Waals surface area contributed by atoms with Crippen LogP contribution in [0.1, 0.15) is 5.56 Å². The Morgan fingerprint density at radius 3 is 2.81 bits per heavy atom. The quantitative estimate of drug-likeness (QED) is 0.299. The van der Waals surface area contributed by atoms with Crippen molar-refractivity contribution in [3.63, 3.8) is 0 Å². The molecule has 5 N–H and O–H groups in total. The van der Waals surface area contributed by atoms with Crippen LogP contribution in [0.25, 0.3) is 0 Å². The minimum Gasteiger partial charge on any atom is -0.369 e. The van der Waals surface area contributed by atoms with E-state index in [4.69, 9.17) is 11.6 Å². The topological polar surface area (TPSA) is 124 Å². The highest BCUT2D eigenvalue weighted by atomic mass is 79.9. The number of primary amides is 1. The summed E-state index contributed by atoms with van der Waals surface area (Å²) in [5.74, 6) is 5.65. The van der Waals surface area contributed by atoms with Gasteiger partial charge in [-0.3, -0.25) is 4.79 Å². The Morgan fingerprint density at radius 1 is 1.43 bits per heavy atom. The maximum Gasteiger partial charge on any atom is 0.264 e. The number of hydrogen-bond donors (Lipinski definition) is 3. The van der Waals surface area contributed by atoms with Crippen LogP contribution in [0, 0.1) is 0 Å². The molecule has 0 saturated heterocycles. The number of carbonyl (C=O) groups excluding carboxylic acids is 1. The zero-order valence-corrected chi connectivity index (χ0v) is 13.1. The van der Waals surface area contributed by atoms with Gasteiger partial charge in [0.15, 0.2) is 0 Å². The zero-order chi connectivity index (χ0) is 15.2. The molecule has 10 heteroatoms. The summed E-state index contributed by atoms with van der Waals surface area (Å²) >= 11 is 4.45. The number of carbonyl (C=O) groups is 1. The van der Waals surface area contributed by atoms with Crippen molar-refractivity contribution in [2.45, 2.75) is 5.16 Å². The standard InChI is InChI=1S/C11H12BrN7OS/c12-8-3-1-7(2-4-8)5-15-16-10-17-18-11(19(10)14)21-6-9(13)20/h1-5H,6,14H2,(H2,13,20)(H,16,17)/b15-5+. The van der Waals surface area contributed by atoms with Crippen LogP contribution in [-0.4, -0.2) is 32.7 Å². The van der Waals surface area contributed by atoms with Gasteiger partial charge in [-0.25, -0.2) is 10.1 Å². The number of nitrogens with two attached hydrogens (primary N) is 2. The highest BCUT2D eigenvalue weighted by molar-refractivity contribution is 9.10. The highest BCUT2D eigenvalue weighted by Gasteiger charge is 2.10. The number of benzene rings is 1. The number of rotatable bonds is 6. The monoisotopic (exact) mass is 369 g/mol. The molecular formula is C11H12BrN7OS. The molecule has 0 aliphatic rings. The van der Waals surface area contributed by atoms with Crippen molar-refractivity contribution in [3.05, 3.63) is 34.3 Å². The lowest BCUT2D eigenvalue weighted by Gasteiger charge is -2.01. The minimum atomic E-state index is -0.453. The van der Waals surface area contributed by atoms with E-state index in [1.165, 1.54) is 4.68 Å². The maximum absolute atomic E-state index is 10.7. The van der Waals surface area contributed by atoms with Gasteiger partial charge in [-0.15, -0.1) is 10.2 Å². The zero-order valence-electron chi connectivity index (χ0n) is 10.7. The van der Waals surface area contributed by atoms with E-state index >= 15 is 0 Å². The number of anilines is 1. The highest BCUT2D eigenvalue weighted by Crippen LogP contribution is 2.16. The summed E-state index contributed by atoms with van der Waals surface area (Å²) in [6.45, 7) is 0. The van der Waals surface area contributed by atoms with E-state index in [-0.39, 0.29) is 11.7 Å². The summed E-state index contributed by atoms with van der Waals surface area (Å²) < 4.78 is 2.19. The molecule has 0 aliphatic heterocycles. The van der Waals surface area contributed by atoms with Crippen LogP contribution >= 0.6 is 27.7 Å². The Balaban J connectivity index is 1.97. The van der Waals surface area contributed by atoms with Crippen molar-refractivity contribution in [1.29, 1.82) is 0 Å². The molecule has 110 valence electrons. The van der Waals surface area contributed by atoms with Crippen LogP contribution in [-0.2, 0) is 4.79 Å². The largest absolute Gasteiger partial charge is 0.369 e. The average molecular weight is 370 g/mol. The number of halogens is 1. The van der Waals surface area contributed by atoms with Gasteiger partial charge >= 0.3 is 0 Å².